The molecule has 0 aliphatic rings. The van der Waals surface area contributed by atoms with E-state index in [0.717, 1.165) is 5.56 Å². The molecule has 1 rings (SSSR count). The molecule has 0 aromatic heterocycles. The molecule has 1 atom stereocenters. The van der Waals surface area contributed by atoms with E-state index >= 15 is 0 Å². The van der Waals surface area contributed by atoms with Crippen LogP contribution in [0.3, 0.4) is 0 Å². The van der Waals surface area contributed by atoms with Crippen LogP contribution in [0.1, 0.15) is 25.8 Å². The Balaban J connectivity index is 2.52. The van der Waals surface area contributed by atoms with E-state index in [0.29, 0.717) is 13.0 Å². The lowest BCUT2D eigenvalue weighted by Crippen LogP contribution is -2.14. The van der Waals surface area contributed by atoms with Crippen LogP contribution in [0.25, 0.3) is 0 Å². The fourth-order valence-corrected chi connectivity index (χ4v) is 2.39. The lowest BCUT2D eigenvalue weighted by molar-refractivity contribution is 0.0603. The van der Waals surface area contributed by atoms with Crippen molar-refractivity contribution >= 4 is 10.1 Å². The molecule has 18 heavy (non-hydrogen) atoms. The summed E-state index contributed by atoms with van der Waals surface area (Å²) in [6.07, 6.45) is 0.557. The maximum Gasteiger partial charge on any atom is 0.296 e. The molecule has 0 bridgehead atoms. The molecule has 102 valence electrons. The van der Waals surface area contributed by atoms with Gasteiger partial charge >= 0.3 is 0 Å². The highest BCUT2D eigenvalue weighted by atomic mass is 32.2. The Morgan fingerprint density at radius 3 is 2.39 bits per heavy atom. The third-order valence-corrected chi connectivity index (χ3v) is 3.85. The van der Waals surface area contributed by atoms with E-state index in [-0.39, 0.29) is 17.6 Å². The van der Waals surface area contributed by atoms with Crippen molar-refractivity contribution in [3.8, 4) is 0 Å². The normalized spacial score (nSPS) is 13.5. The summed E-state index contributed by atoms with van der Waals surface area (Å²) < 4.78 is 33.9. The second-order valence-corrected chi connectivity index (χ2v) is 5.76. The average Bonchev–Trinajstić information content (AvgIpc) is 2.29. The van der Waals surface area contributed by atoms with Crippen molar-refractivity contribution in [2.75, 3.05) is 13.2 Å². The zero-order chi connectivity index (χ0) is 13.6. The number of rotatable bonds is 7. The summed E-state index contributed by atoms with van der Waals surface area (Å²) in [7, 11) is -3.64. The Morgan fingerprint density at radius 1 is 1.22 bits per heavy atom. The lowest BCUT2D eigenvalue weighted by atomic mass is 10.2. The Labute approximate surface area is 109 Å². The first kappa shape index (κ1) is 15.1. The Hall–Kier alpha value is -0.910. The molecule has 1 aromatic carbocycles. The van der Waals surface area contributed by atoms with Crippen molar-refractivity contribution in [2.24, 2.45) is 0 Å². The molecule has 5 heteroatoms. The second kappa shape index (κ2) is 6.87. The molecule has 0 radical (unpaired) electrons. The minimum atomic E-state index is -3.64. The minimum Gasteiger partial charge on any atom is -0.379 e. The van der Waals surface area contributed by atoms with Crippen molar-refractivity contribution in [2.45, 2.75) is 38.2 Å². The summed E-state index contributed by atoms with van der Waals surface area (Å²) in [5.74, 6) is 0. The van der Waals surface area contributed by atoms with Gasteiger partial charge in [0, 0.05) is 6.61 Å². The first-order valence-corrected chi connectivity index (χ1v) is 7.44. The molecule has 0 N–H and O–H groups in total. The topological polar surface area (TPSA) is 52.6 Å². The molecular formula is C13H20O4S. The number of benzene rings is 1. The van der Waals surface area contributed by atoms with Crippen LogP contribution in [-0.2, 0) is 19.0 Å². The predicted molar refractivity (Wildman–Crippen MR) is 70.0 cm³/mol. The highest BCUT2D eigenvalue weighted by Crippen LogP contribution is 2.13. The summed E-state index contributed by atoms with van der Waals surface area (Å²) in [5.41, 5.74) is 1.01. The van der Waals surface area contributed by atoms with Crippen molar-refractivity contribution in [1.82, 2.24) is 0 Å². The SMILES string of the molecule is CCOC(C)CCOS(=O)(=O)c1ccc(C)cc1. The lowest BCUT2D eigenvalue weighted by Gasteiger charge is -2.11. The quantitative estimate of drug-likeness (QED) is 0.716. The third kappa shape index (κ3) is 4.76. The van der Waals surface area contributed by atoms with E-state index in [9.17, 15) is 8.42 Å². The molecule has 0 heterocycles. The van der Waals surface area contributed by atoms with Gasteiger partial charge < -0.3 is 4.74 Å². The first-order chi connectivity index (χ1) is 8.45. The maximum atomic E-state index is 11.8. The summed E-state index contributed by atoms with van der Waals surface area (Å²) >= 11 is 0. The smallest absolute Gasteiger partial charge is 0.296 e. The van der Waals surface area contributed by atoms with Gasteiger partial charge in [0.2, 0.25) is 0 Å². The largest absolute Gasteiger partial charge is 0.379 e. The molecule has 0 aliphatic heterocycles. The van der Waals surface area contributed by atoms with E-state index in [1.807, 2.05) is 20.8 Å². The molecule has 0 fully saturated rings. The standard InChI is InChI=1S/C13H20O4S/c1-4-16-12(3)9-10-17-18(14,15)13-7-5-11(2)6-8-13/h5-8,12H,4,9-10H2,1-3H3. The second-order valence-electron chi connectivity index (χ2n) is 4.14. The van der Waals surface area contributed by atoms with Gasteiger partial charge in [0.05, 0.1) is 17.6 Å². The molecule has 0 amide bonds. The summed E-state index contributed by atoms with van der Waals surface area (Å²) in [5, 5.41) is 0. The number of hydrogen-bond acceptors (Lipinski definition) is 4. The fraction of sp³-hybridized carbons (Fsp3) is 0.538. The minimum absolute atomic E-state index is 0.00298. The van der Waals surface area contributed by atoms with Crippen LogP contribution < -0.4 is 0 Å². The Kier molecular flexibility index (Phi) is 5.78. The first-order valence-electron chi connectivity index (χ1n) is 6.03. The van der Waals surface area contributed by atoms with E-state index in [2.05, 4.69) is 0 Å². The van der Waals surface area contributed by atoms with E-state index in [1.54, 1.807) is 24.3 Å². The van der Waals surface area contributed by atoms with Crippen molar-refractivity contribution in [3.63, 3.8) is 0 Å². The molecule has 1 unspecified atom stereocenters. The van der Waals surface area contributed by atoms with Crippen LogP contribution in [0.2, 0.25) is 0 Å². The molecular weight excluding hydrogens is 252 g/mol. The molecule has 4 nitrogen and oxygen atoms in total. The fourth-order valence-electron chi connectivity index (χ4n) is 1.46. The molecule has 0 spiro atoms. The molecule has 0 aliphatic carbocycles. The van der Waals surface area contributed by atoms with Gasteiger partial charge in [-0.3, -0.25) is 4.18 Å². The van der Waals surface area contributed by atoms with Crippen molar-refractivity contribution in [1.29, 1.82) is 0 Å². The van der Waals surface area contributed by atoms with Gasteiger partial charge in [-0.2, -0.15) is 8.42 Å². The number of aryl methyl sites for hydroxylation is 1. The zero-order valence-corrected chi connectivity index (χ0v) is 11.9. The third-order valence-electron chi connectivity index (χ3n) is 2.52. The van der Waals surface area contributed by atoms with Gasteiger partial charge in [0.1, 0.15) is 0 Å². The van der Waals surface area contributed by atoms with Gasteiger partial charge in [-0.1, -0.05) is 17.7 Å². The van der Waals surface area contributed by atoms with Gasteiger partial charge in [0.25, 0.3) is 10.1 Å². The summed E-state index contributed by atoms with van der Waals surface area (Å²) in [6, 6.07) is 6.60. The summed E-state index contributed by atoms with van der Waals surface area (Å²) in [6.45, 7) is 6.45. The Bertz CT molecular complexity index is 450. The maximum absolute atomic E-state index is 11.8. The molecule has 0 saturated carbocycles. The molecule has 1 aromatic rings. The van der Waals surface area contributed by atoms with Crippen LogP contribution in [0.5, 0.6) is 0 Å². The van der Waals surface area contributed by atoms with Crippen LogP contribution in [0.4, 0.5) is 0 Å². The van der Waals surface area contributed by atoms with E-state index < -0.39 is 10.1 Å². The summed E-state index contributed by atoms with van der Waals surface area (Å²) in [4.78, 5) is 0.192. The van der Waals surface area contributed by atoms with Crippen LogP contribution in [0.15, 0.2) is 29.2 Å². The molecule has 0 saturated heterocycles. The van der Waals surface area contributed by atoms with Gasteiger partial charge in [-0.25, -0.2) is 0 Å². The average molecular weight is 272 g/mol. The van der Waals surface area contributed by atoms with Crippen LogP contribution >= 0.6 is 0 Å². The highest BCUT2D eigenvalue weighted by Gasteiger charge is 2.15. The van der Waals surface area contributed by atoms with Crippen molar-refractivity contribution < 1.29 is 17.3 Å². The Morgan fingerprint density at radius 2 is 1.83 bits per heavy atom. The van der Waals surface area contributed by atoms with Gasteiger partial charge in [0.15, 0.2) is 0 Å². The number of hydrogen-bond donors (Lipinski definition) is 0. The predicted octanol–water partition coefficient (Wildman–Crippen LogP) is 2.52. The van der Waals surface area contributed by atoms with E-state index in [1.165, 1.54) is 0 Å². The van der Waals surface area contributed by atoms with E-state index in [4.69, 9.17) is 8.92 Å². The van der Waals surface area contributed by atoms with Crippen LogP contribution in [0, 0.1) is 6.92 Å². The van der Waals surface area contributed by atoms with Gasteiger partial charge in [-0.15, -0.1) is 0 Å². The highest BCUT2D eigenvalue weighted by molar-refractivity contribution is 7.86. The van der Waals surface area contributed by atoms with Gasteiger partial charge in [-0.05, 0) is 39.3 Å². The van der Waals surface area contributed by atoms with Crippen LogP contribution in [-0.4, -0.2) is 27.7 Å². The van der Waals surface area contributed by atoms with Crippen molar-refractivity contribution in [3.05, 3.63) is 29.8 Å². The zero-order valence-electron chi connectivity index (χ0n) is 11.0. The number of ether oxygens (including phenoxy) is 1. The monoisotopic (exact) mass is 272 g/mol.